The number of hydrazone groups is 1. The van der Waals surface area contributed by atoms with Crippen molar-refractivity contribution in [1.82, 2.24) is 4.90 Å². The van der Waals surface area contributed by atoms with Crippen LogP contribution in [0, 0.1) is 0 Å². The van der Waals surface area contributed by atoms with Crippen molar-refractivity contribution in [3.05, 3.63) is 95.7 Å². The lowest BCUT2D eigenvalue weighted by atomic mass is 9.96. The van der Waals surface area contributed by atoms with Gasteiger partial charge in [-0.1, -0.05) is 48.5 Å². The molecule has 1 atom stereocenters. The molecule has 1 heterocycles. The molecule has 37 heavy (non-hydrogen) atoms. The number of ether oxygens (including phenoxy) is 1. The summed E-state index contributed by atoms with van der Waals surface area (Å²) in [5.41, 5.74) is 7.15. The fraction of sp³-hybridized carbons (Fsp3) is 0.344. The maximum Gasteiger partial charge on any atom is 0.119 e. The molecule has 0 aliphatic carbocycles. The smallest absolute Gasteiger partial charge is 0.119 e. The second-order valence-electron chi connectivity index (χ2n) is 9.15. The first-order valence-electron chi connectivity index (χ1n) is 13.5. The van der Waals surface area contributed by atoms with Gasteiger partial charge < -0.3 is 14.5 Å². The van der Waals surface area contributed by atoms with Crippen molar-refractivity contribution in [1.29, 1.82) is 0 Å². The van der Waals surface area contributed by atoms with E-state index < -0.39 is 0 Å². The molecule has 0 saturated carbocycles. The molecular formula is C32H40N4O. The molecule has 1 aliphatic heterocycles. The van der Waals surface area contributed by atoms with Gasteiger partial charge in [-0.2, -0.15) is 5.10 Å². The summed E-state index contributed by atoms with van der Waals surface area (Å²) in [5.74, 6) is 0.847. The van der Waals surface area contributed by atoms with Gasteiger partial charge in [0.25, 0.3) is 0 Å². The van der Waals surface area contributed by atoms with Crippen LogP contribution < -0.4 is 14.6 Å². The maximum atomic E-state index is 5.43. The van der Waals surface area contributed by atoms with Crippen LogP contribution in [0.3, 0.4) is 0 Å². The van der Waals surface area contributed by atoms with Crippen molar-refractivity contribution in [3.63, 3.8) is 0 Å². The van der Waals surface area contributed by atoms with Gasteiger partial charge in [0.05, 0.1) is 30.2 Å². The molecule has 0 bridgehead atoms. The van der Waals surface area contributed by atoms with Crippen LogP contribution >= 0.6 is 0 Å². The Morgan fingerprint density at radius 1 is 0.865 bits per heavy atom. The predicted molar refractivity (Wildman–Crippen MR) is 158 cm³/mol. The molecule has 0 saturated heterocycles. The Kier molecular flexibility index (Phi) is 8.89. The number of allylic oxidation sites excluding steroid dienone is 1. The quantitative estimate of drug-likeness (QED) is 0.280. The minimum absolute atomic E-state index is 0.0925. The molecule has 194 valence electrons. The Morgan fingerprint density at radius 3 is 2.14 bits per heavy atom. The number of para-hydroxylation sites is 1. The van der Waals surface area contributed by atoms with Crippen LogP contribution in [-0.2, 0) is 0 Å². The largest absolute Gasteiger partial charge is 0.497 e. The first-order chi connectivity index (χ1) is 18.1. The molecule has 3 aromatic rings. The zero-order valence-corrected chi connectivity index (χ0v) is 22.9. The van der Waals surface area contributed by atoms with E-state index in [1.807, 2.05) is 12.1 Å². The lowest BCUT2D eigenvalue weighted by molar-refractivity contribution is 0.403. The normalized spacial score (nSPS) is 15.5. The van der Waals surface area contributed by atoms with Crippen LogP contribution in [0.5, 0.6) is 5.75 Å². The SMILES string of the molecule is CCN(CC)C(=Cc1ccccc1)C1=NN(c2ccc(OC)cc2)C(c2ccccc2N(CC)CC)C1. The lowest BCUT2D eigenvalue weighted by Crippen LogP contribution is -2.27. The monoisotopic (exact) mass is 496 g/mol. The number of nitrogens with zero attached hydrogens (tertiary/aromatic N) is 4. The summed E-state index contributed by atoms with van der Waals surface area (Å²) in [6.45, 7) is 12.7. The third-order valence-corrected chi connectivity index (χ3v) is 7.15. The van der Waals surface area contributed by atoms with Crippen molar-refractivity contribution in [2.45, 2.75) is 40.2 Å². The Morgan fingerprint density at radius 2 is 1.51 bits per heavy atom. The van der Waals surface area contributed by atoms with Crippen LogP contribution in [0.4, 0.5) is 11.4 Å². The number of rotatable bonds is 11. The van der Waals surface area contributed by atoms with E-state index in [1.54, 1.807) is 7.11 Å². The predicted octanol–water partition coefficient (Wildman–Crippen LogP) is 7.23. The Labute approximate surface area is 222 Å². The van der Waals surface area contributed by atoms with Crippen molar-refractivity contribution in [2.75, 3.05) is 43.2 Å². The number of benzene rings is 3. The molecular weight excluding hydrogens is 456 g/mol. The minimum Gasteiger partial charge on any atom is -0.497 e. The van der Waals surface area contributed by atoms with Gasteiger partial charge in [0, 0.05) is 43.9 Å². The summed E-state index contributed by atoms with van der Waals surface area (Å²) >= 11 is 0. The first kappa shape index (κ1) is 26.3. The Bertz CT molecular complexity index is 1190. The maximum absolute atomic E-state index is 5.43. The summed E-state index contributed by atoms with van der Waals surface area (Å²) < 4.78 is 5.43. The summed E-state index contributed by atoms with van der Waals surface area (Å²) in [6, 6.07) is 27.7. The van der Waals surface area contributed by atoms with Crippen LogP contribution in [0.25, 0.3) is 6.08 Å². The van der Waals surface area contributed by atoms with Gasteiger partial charge in [-0.05, 0) is 69.7 Å². The molecule has 5 nitrogen and oxygen atoms in total. The van der Waals surface area contributed by atoms with Crippen molar-refractivity contribution in [2.24, 2.45) is 5.10 Å². The molecule has 0 aromatic heterocycles. The number of hydrogen-bond donors (Lipinski definition) is 0. The standard InChI is InChI=1S/C32H40N4O/c1-6-34(7-2)30-18-14-13-17-28(30)31-24-29(33-36(31)26-19-21-27(37-5)22-20-26)32(35(8-3)9-4)23-25-15-11-10-12-16-25/h10-23,31H,6-9,24H2,1-5H3. The highest BCUT2D eigenvalue weighted by Crippen LogP contribution is 2.41. The lowest BCUT2D eigenvalue weighted by Gasteiger charge is -2.30. The van der Waals surface area contributed by atoms with Gasteiger partial charge in [0.15, 0.2) is 0 Å². The van der Waals surface area contributed by atoms with E-state index in [9.17, 15) is 0 Å². The average molecular weight is 497 g/mol. The van der Waals surface area contributed by atoms with E-state index in [2.05, 4.69) is 115 Å². The van der Waals surface area contributed by atoms with Crippen molar-refractivity contribution in [3.8, 4) is 5.75 Å². The summed E-state index contributed by atoms with van der Waals surface area (Å²) in [6.07, 6.45) is 3.12. The Hall–Kier alpha value is -3.73. The zero-order valence-electron chi connectivity index (χ0n) is 22.9. The summed E-state index contributed by atoms with van der Waals surface area (Å²) in [4.78, 5) is 4.85. The molecule has 0 radical (unpaired) electrons. The number of anilines is 2. The molecule has 1 unspecified atom stereocenters. The first-order valence-corrected chi connectivity index (χ1v) is 13.5. The summed E-state index contributed by atoms with van der Waals surface area (Å²) in [5, 5.41) is 7.53. The third kappa shape index (κ3) is 5.82. The van der Waals surface area contributed by atoms with Gasteiger partial charge in [0.2, 0.25) is 0 Å². The van der Waals surface area contributed by atoms with Crippen molar-refractivity contribution < 1.29 is 4.74 Å². The summed E-state index contributed by atoms with van der Waals surface area (Å²) in [7, 11) is 1.70. The Balaban J connectivity index is 1.84. The van der Waals surface area contributed by atoms with E-state index in [0.717, 1.165) is 49.7 Å². The van der Waals surface area contributed by atoms with Crippen LogP contribution in [0.2, 0.25) is 0 Å². The molecule has 3 aromatic carbocycles. The van der Waals surface area contributed by atoms with E-state index in [1.165, 1.54) is 22.5 Å². The van der Waals surface area contributed by atoms with Gasteiger partial charge in [0.1, 0.15) is 5.75 Å². The zero-order chi connectivity index (χ0) is 26.2. The van der Waals surface area contributed by atoms with E-state index in [-0.39, 0.29) is 6.04 Å². The van der Waals surface area contributed by atoms with Gasteiger partial charge >= 0.3 is 0 Å². The molecule has 0 N–H and O–H groups in total. The van der Waals surface area contributed by atoms with E-state index in [4.69, 9.17) is 9.84 Å². The van der Waals surface area contributed by atoms with Gasteiger partial charge in [-0.25, -0.2) is 0 Å². The van der Waals surface area contributed by atoms with Gasteiger partial charge in [-0.3, -0.25) is 5.01 Å². The molecule has 0 amide bonds. The highest BCUT2D eigenvalue weighted by atomic mass is 16.5. The minimum atomic E-state index is 0.0925. The highest BCUT2D eigenvalue weighted by Gasteiger charge is 2.34. The molecule has 0 fully saturated rings. The van der Waals surface area contributed by atoms with Gasteiger partial charge in [-0.15, -0.1) is 0 Å². The molecule has 4 rings (SSSR count). The fourth-order valence-corrected chi connectivity index (χ4v) is 5.13. The van der Waals surface area contributed by atoms with Crippen LogP contribution in [0.15, 0.2) is 89.7 Å². The topological polar surface area (TPSA) is 31.3 Å². The van der Waals surface area contributed by atoms with E-state index >= 15 is 0 Å². The highest BCUT2D eigenvalue weighted by molar-refractivity contribution is 6.05. The molecule has 1 aliphatic rings. The second kappa shape index (κ2) is 12.5. The van der Waals surface area contributed by atoms with Crippen LogP contribution in [0.1, 0.15) is 51.3 Å². The number of methoxy groups -OCH3 is 1. The number of hydrogen-bond acceptors (Lipinski definition) is 5. The molecule has 5 heteroatoms. The fourth-order valence-electron chi connectivity index (χ4n) is 5.13. The van der Waals surface area contributed by atoms with Crippen molar-refractivity contribution >= 4 is 23.2 Å². The third-order valence-electron chi connectivity index (χ3n) is 7.15. The average Bonchev–Trinajstić information content (AvgIpc) is 3.40. The molecule has 0 spiro atoms. The van der Waals surface area contributed by atoms with E-state index in [0.29, 0.717) is 0 Å². The van der Waals surface area contributed by atoms with Crippen LogP contribution in [-0.4, -0.2) is 43.9 Å². The second-order valence-corrected chi connectivity index (χ2v) is 9.15.